The van der Waals surface area contributed by atoms with Crippen molar-refractivity contribution in [3.63, 3.8) is 0 Å². The number of aromatic hydroxyl groups is 1. The smallest absolute Gasteiger partial charge is 0.165 e. The van der Waals surface area contributed by atoms with Crippen LogP contribution in [0.4, 0.5) is 0 Å². The quantitative estimate of drug-likeness (QED) is 0.709. The average Bonchev–Trinajstić information content (AvgIpc) is 2.91. The number of hydrogen-bond donors (Lipinski definition) is 3. The second-order valence-corrected chi connectivity index (χ2v) is 7.74. The van der Waals surface area contributed by atoms with Gasteiger partial charge in [0, 0.05) is 18.2 Å². The minimum atomic E-state index is -0.940. The number of phenolic OH excluding ortho intramolecular Hbond substituents is 1. The maximum Gasteiger partial charge on any atom is 0.165 e. The van der Waals surface area contributed by atoms with Crippen molar-refractivity contribution in [1.29, 1.82) is 0 Å². The summed E-state index contributed by atoms with van der Waals surface area (Å²) in [6.45, 7) is 5.44. The van der Waals surface area contributed by atoms with Gasteiger partial charge in [-0.05, 0) is 43.9 Å². The van der Waals surface area contributed by atoms with Crippen LogP contribution < -0.4 is 4.74 Å². The zero-order valence-corrected chi connectivity index (χ0v) is 13.6. The van der Waals surface area contributed by atoms with Gasteiger partial charge in [0.25, 0.3) is 0 Å². The molecule has 1 saturated carbocycles. The molecular weight excluding hydrogens is 306 g/mol. The number of aliphatic hydroxyl groups excluding tert-OH is 1. The number of rotatable bonds is 2. The fraction of sp³-hybridized carbons (Fsp3) is 0.579. The molecule has 2 heterocycles. The second-order valence-electron chi connectivity index (χ2n) is 7.74. The van der Waals surface area contributed by atoms with Crippen molar-refractivity contribution >= 4 is 0 Å². The van der Waals surface area contributed by atoms with Gasteiger partial charge in [-0.1, -0.05) is 12.1 Å². The highest BCUT2D eigenvalue weighted by Gasteiger charge is 2.72. The zero-order valence-electron chi connectivity index (χ0n) is 13.6. The lowest BCUT2D eigenvalue weighted by Crippen LogP contribution is -2.77. The van der Waals surface area contributed by atoms with Crippen LogP contribution in [0, 0.1) is 0 Å². The lowest BCUT2D eigenvalue weighted by molar-refractivity contribution is -0.206. The molecule has 2 bridgehead atoms. The predicted octanol–water partition coefficient (Wildman–Crippen LogP) is 1.09. The fourth-order valence-electron chi connectivity index (χ4n) is 5.99. The van der Waals surface area contributed by atoms with Gasteiger partial charge in [-0.3, -0.25) is 4.90 Å². The van der Waals surface area contributed by atoms with E-state index in [2.05, 4.69) is 11.5 Å². The lowest BCUT2D eigenvalue weighted by atomic mass is 9.48. The first-order valence-corrected chi connectivity index (χ1v) is 8.80. The van der Waals surface area contributed by atoms with E-state index < -0.39 is 23.2 Å². The monoisotopic (exact) mass is 329 g/mol. The molecule has 1 aromatic rings. The summed E-state index contributed by atoms with van der Waals surface area (Å²) >= 11 is 0. The third-order valence-electron chi connectivity index (χ3n) is 6.91. The number of piperidine rings is 1. The minimum Gasteiger partial charge on any atom is -0.504 e. The molecule has 2 unspecified atom stereocenters. The van der Waals surface area contributed by atoms with E-state index in [0.717, 1.165) is 37.1 Å². The molecule has 2 aliphatic carbocycles. The maximum atomic E-state index is 11.9. The molecular formula is C19H23NO4. The standard InChI is InChI=1S/C19H23NO4/c1-2-8-20-9-7-18-15-11-3-4-12(21)16(15)24-17(18)13(22)5-6-19(18,23)14(20)10-11/h2-4,13-14,17,21-23H,1,5-10H2/t13?,14-,17+,18+,19?/m1/s1. The molecule has 5 atom stereocenters. The third kappa shape index (κ3) is 1.43. The van der Waals surface area contributed by atoms with Crippen molar-refractivity contribution in [2.75, 3.05) is 13.1 Å². The molecule has 0 amide bonds. The Morgan fingerprint density at radius 3 is 3.00 bits per heavy atom. The third-order valence-corrected chi connectivity index (χ3v) is 6.91. The van der Waals surface area contributed by atoms with E-state index >= 15 is 0 Å². The SMILES string of the molecule is C=CCN1CC[C@]23c4c5ccc(O)c4O[C@H]2C(O)CCC3(O)[C@H]1C5. The van der Waals surface area contributed by atoms with Gasteiger partial charge < -0.3 is 20.1 Å². The van der Waals surface area contributed by atoms with Crippen LogP contribution in [0.15, 0.2) is 24.8 Å². The van der Waals surface area contributed by atoms with Gasteiger partial charge in [-0.15, -0.1) is 6.58 Å². The van der Waals surface area contributed by atoms with Crippen LogP contribution in [0.2, 0.25) is 0 Å². The van der Waals surface area contributed by atoms with Crippen LogP contribution in [-0.2, 0) is 11.8 Å². The number of aliphatic hydroxyl groups is 2. The van der Waals surface area contributed by atoms with Crippen LogP contribution in [0.5, 0.6) is 11.5 Å². The summed E-state index contributed by atoms with van der Waals surface area (Å²) in [6, 6.07) is 3.62. The van der Waals surface area contributed by atoms with Crippen molar-refractivity contribution < 1.29 is 20.1 Å². The van der Waals surface area contributed by atoms with Gasteiger partial charge in [0.05, 0.1) is 17.1 Å². The van der Waals surface area contributed by atoms with Crippen molar-refractivity contribution in [2.24, 2.45) is 0 Å². The molecule has 3 N–H and O–H groups in total. The van der Waals surface area contributed by atoms with Crippen LogP contribution in [0.1, 0.15) is 30.4 Å². The Bertz CT molecular complexity index is 734. The molecule has 1 spiro atoms. The Hall–Kier alpha value is -1.56. The molecule has 0 aromatic heterocycles. The number of benzene rings is 1. The van der Waals surface area contributed by atoms with Crippen LogP contribution >= 0.6 is 0 Å². The number of nitrogens with zero attached hydrogens (tertiary/aromatic N) is 1. The number of hydrogen-bond acceptors (Lipinski definition) is 5. The minimum absolute atomic E-state index is 0.00848. The molecule has 1 aromatic carbocycles. The average molecular weight is 329 g/mol. The van der Waals surface area contributed by atoms with Crippen LogP contribution in [0.3, 0.4) is 0 Å². The molecule has 24 heavy (non-hydrogen) atoms. The summed E-state index contributed by atoms with van der Waals surface area (Å²) in [5.74, 6) is 0.589. The first-order chi connectivity index (χ1) is 11.5. The molecule has 128 valence electrons. The predicted molar refractivity (Wildman–Crippen MR) is 88.3 cm³/mol. The van der Waals surface area contributed by atoms with E-state index in [1.807, 2.05) is 12.1 Å². The topological polar surface area (TPSA) is 73.2 Å². The molecule has 4 aliphatic rings. The summed E-state index contributed by atoms with van der Waals surface area (Å²) in [4.78, 5) is 2.31. The van der Waals surface area contributed by atoms with Crippen LogP contribution in [0.25, 0.3) is 0 Å². The van der Waals surface area contributed by atoms with E-state index in [1.165, 1.54) is 0 Å². The summed E-state index contributed by atoms with van der Waals surface area (Å²) in [5.41, 5.74) is 0.518. The van der Waals surface area contributed by atoms with E-state index in [4.69, 9.17) is 4.74 Å². The Morgan fingerprint density at radius 2 is 2.21 bits per heavy atom. The van der Waals surface area contributed by atoms with Crippen molar-refractivity contribution in [3.8, 4) is 11.5 Å². The van der Waals surface area contributed by atoms with E-state index in [0.29, 0.717) is 18.6 Å². The summed E-state index contributed by atoms with van der Waals surface area (Å²) < 4.78 is 6.08. The largest absolute Gasteiger partial charge is 0.504 e. The first kappa shape index (κ1) is 14.8. The molecule has 1 saturated heterocycles. The Morgan fingerprint density at radius 1 is 1.38 bits per heavy atom. The highest BCUT2D eigenvalue weighted by atomic mass is 16.5. The molecule has 0 radical (unpaired) electrons. The van der Waals surface area contributed by atoms with E-state index in [-0.39, 0.29) is 11.8 Å². The van der Waals surface area contributed by atoms with Crippen molar-refractivity contribution in [2.45, 2.75) is 54.9 Å². The molecule has 2 fully saturated rings. The van der Waals surface area contributed by atoms with Crippen LogP contribution in [-0.4, -0.2) is 57.2 Å². The van der Waals surface area contributed by atoms with Gasteiger partial charge >= 0.3 is 0 Å². The highest BCUT2D eigenvalue weighted by molar-refractivity contribution is 5.62. The fourth-order valence-corrected chi connectivity index (χ4v) is 5.99. The maximum absolute atomic E-state index is 11.9. The van der Waals surface area contributed by atoms with Gasteiger partial charge in [0.1, 0.15) is 6.10 Å². The van der Waals surface area contributed by atoms with Crippen molar-refractivity contribution in [3.05, 3.63) is 35.9 Å². The molecule has 5 rings (SSSR count). The van der Waals surface area contributed by atoms with Gasteiger partial charge in [0.2, 0.25) is 0 Å². The Kier molecular flexibility index (Phi) is 2.79. The van der Waals surface area contributed by atoms with Crippen molar-refractivity contribution in [1.82, 2.24) is 4.90 Å². The Labute approximate surface area is 141 Å². The lowest BCUT2D eigenvalue weighted by Gasteiger charge is -2.63. The Balaban J connectivity index is 1.78. The zero-order chi connectivity index (χ0) is 16.7. The van der Waals surface area contributed by atoms with E-state index in [9.17, 15) is 15.3 Å². The van der Waals surface area contributed by atoms with Gasteiger partial charge in [0.15, 0.2) is 11.5 Å². The second kappa shape index (κ2) is 4.54. The van der Waals surface area contributed by atoms with Gasteiger partial charge in [-0.25, -0.2) is 0 Å². The molecule has 5 nitrogen and oxygen atoms in total. The summed E-state index contributed by atoms with van der Waals surface area (Å²) in [5, 5.41) is 32.8. The van der Waals surface area contributed by atoms with E-state index in [1.54, 1.807) is 6.07 Å². The number of likely N-dealkylation sites (tertiary alicyclic amines) is 1. The summed E-state index contributed by atoms with van der Waals surface area (Å²) in [6.07, 6.45) is 3.33. The normalized spacial score (nSPS) is 42.3. The highest BCUT2D eigenvalue weighted by Crippen LogP contribution is 2.65. The first-order valence-electron chi connectivity index (χ1n) is 8.80. The van der Waals surface area contributed by atoms with Gasteiger partial charge in [-0.2, -0.15) is 0 Å². The molecule has 2 aliphatic heterocycles. The number of phenols is 1. The number of ether oxygens (including phenoxy) is 1. The summed E-state index contributed by atoms with van der Waals surface area (Å²) in [7, 11) is 0. The molecule has 5 heteroatoms.